The van der Waals surface area contributed by atoms with Gasteiger partial charge < -0.3 is 11.1 Å². The van der Waals surface area contributed by atoms with Gasteiger partial charge in [0.2, 0.25) is 0 Å². The molecule has 2 heterocycles. The lowest BCUT2D eigenvalue weighted by molar-refractivity contribution is 0.0954. The Kier molecular flexibility index (Phi) is 4.56. The zero-order valence-electron chi connectivity index (χ0n) is 11.4. The molecule has 0 radical (unpaired) electrons. The number of aryl methyl sites for hydroxylation is 1. The lowest BCUT2D eigenvalue weighted by atomic mass is 10.2. The fourth-order valence-electron chi connectivity index (χ4n) is 1.70. The monoisotopic (exact) mass is 288 g/mol. The van der Waals surface area contributed by atoms with Gasteiger partial charge in [-0.1, -0.05) is 11.8 Å². The van der Waals surface area contributed by atoms with Gasteiger partial charge in [0.05, 0.1) is 12.7 Å². The van der Waals surface area contributed by atoms with Gasteiger partial charge >= 0.3 is 0 Å². The maximum absolute atomic E-state index is 12.2. The van der Waals surface area contributed by atoms with Crippen molar-refractivity contribution in [1.29, 1.82) is 0 Å². The van der Waals surface area contributed by atoms with E-state index in [1.807, 2.05) is 25.4 Å². The van der Waals surface area contributed by atoms with Crippen LogP contribution in [0.2, 0.25) is 0 Å². The van der Waals surface area contributed by atoms with Gasteiger partial charge in [-0.3, -0.25) is 9.48 Å². The van der Waals surface area contributed by atoms with E-state index < -0.39 is 0 Å². The van der Waals surface area contributed by atoms with Crippen LogP contribution < -0.4 is 11.1 Å². The number of amides is 1. The minimum atomic E-state index is -0.121. The molecule has 0 aliphatic rings. The molecule has 2 aromatic heterocycles. The summed E-state index contributed by atoms with van der Waals surface area (Å²) >= 11 is 1.38. The van der Waals surface area contributed by atoms with E-state index in [1.165, 1.54) is 11.3 Å². The normalized spacial score (nSPS) is 9.95. The Hall–Kier alpha value is -2.10. The number of hydrogen-bond acceptors (Lipinski definition) is 4. The van der Waals surface area contributed by atoms with Crippen LogP contribution in [0.15, 0.2) is 17.6 Å². The molecule has 0 saturated carbocycles. The molecule has 0 aliphatic heterocycles. The predicted octanol–water partition coefficient (Wildman–Crippen LogP) is 1.03. The Labute approximate surface area is 121 Å². The molecule has 6 heteroatoms. The quantitative estimate of drug-likeness (QED) is 0.829. The van der Waals surface area contributed by atoms with E-state index in [9.17, 15) is 4.79 Å². The summed E-state index contributed by atoms with van der Waals surface area (Å²) in [5.41, 5.74) is 8.12. The van der Waals surface area contributed by atoms with Crippen molar-refractivity contribution in [3.63, 3.8) is 0 Å². The second-order valence-electron chi connectivity index (χ2n) is 4.23. The van der Waals surface area contributed by atoms with Crippen molar-refractivity contribution in [1.82, 2.24) is 15.1 Å². The van der Waals surface area contributed by atoms with Gasteiger partial charge in [0.1, 0.15) is 4.88 Å². The Balaban J connectivity index is 2.06. The number of aromatic nitrogens is 2. The minimum Gasteiger partial charge on any atom is -0.347 e. The van der Waals surface area contributed by atoms with E-state index >= 15 is 0 Å². The van der Waals surface area contributed by atoms with Crippen LogP contribution in [0.4, 0.5) is 0 Å². The van der Waals surface area contributed by atoms with Gasteiger partial charge in [0, 0.05) is 30.4 Å². The van der Waals surface area contributed by atoms with Gasteiger partial charge in [-0.05, 0) is 18.4 Å². The number of nitrogens with zero attached hydrogens (tertiary/aromatic N) is 2. The number of nitrogens with one attached hydrogen (secondary N) is 1. The summed E-state index contributed by atoms with van der Waals surface area (Å²) in [5, 5.41) is 8.89. The van der Waals surface area contributed by atoms with Crippen molar-refractivity contribution in [3.05, 3.63) is 39.3 Å². The van der Waals surface area contributed by atoms with Crippen LogP contribution in [0, 0.1) is 18.8 Å². The third-order valence-electron chi connectivity index (χ3n) is 2.97. The molecule has 0 aliphatic carbocycles. The molecule has 2 rings (SSSR count). The van der Waals surface area contributed by atoms with Gasteiger partial charge in [0.15, 0.2) is 0 Å². The number of rotatable bonds is 3. The molecule has 2 aromatic rings. The van der Waals surface area contributed by atoms with E-state index in [0.717, 1.165) is 16.8 Å². The Bertz CT molecular complexity index is 675. The molecular formula is C14H16N4OS. The summed E-state index contributed by atoms with van der Waals surface area (Å²) in [6, 6.07) is 1.83. The number of carbonyl (C=O) groups is 1. The Morgan fingerprint density at radius 2 is 2.40 bits per heavy atom. The second kappa shape index (κ2) is 6.37. The van der Waals surface area contributed by atoms with E-state index in [4.69, 9.17) is 5.73 Å². The third-order valence-corrected chi connectivity index (χ3v) is 3.89. The molecule has 1 amide bonds. The van der Waals surface area contributed by atoms with E-state index in [2.05, 4.69) is 22.3 Å². The van der Waals surface area contributed by atoms with Crippen LogP contribution >= 0.6 is 11.3 Å². The SMILES string of the molecule is Cc1c(CNC(=O)c2sccc2C#CCN)cnn1C. The second-order valence-corrected chi connectivity index (χ2v) is 5.15. The summed E-state index contributed by atoms with van der Waals surface area (Å²) in [4.78, 5) is 12.8. The third kappa shape index (κ3) is 3.07. The molecule has 0 atom stereocenters. The summed E-state index contributed by atoms with van der Waals surface area (Å²) in [7, 11) is 1.88. The summed E-state index contributed by atoms with van der Waals surface area (Å²) in [6.45, 7) is 2.71. The smallest absolute Gasteiger partial charge is 0.262 e. The molecule has 104 valence electrons. The molecule has 0 spiro atoms. The molecule has 0 aromatic carbocycles. The van der Waals surface area contributed by atoms with Crippen molar-refractivity contribution in [2.24, 2.45) is 12.8 Å². The molecule has 5 nitrogen and oxygen atoms in total. The van der Waals surface area contributed by atoms with E-state index in [0.29, 0.717) is 11.4 Å². The highest BCUT2D eigenvalue weighted by Crippen LogP contribution is 2.16. The first-order valence-electron chi connectivity index (χ1n) is 6.15. The molecule has 0 unspecified atom stereocenters. The molecule has 0 fully saturated rings. The maximum atomic E-state index is 12.2. The van der Waals surface area contributed by atoms with Crippen LogP contribution in [0.25, 0.3) is 0 Å². The van der Waals surface area contributed by atoms with Gasteiger partial charge in [0.25, 0.3) is 5.91 Å². The van der Waals surface area contributed by atoms with Gasteiger partial charge in [-0.15, -0.1) is 11.3 Å². The highest BCUT2D eigenvalue weighted by Gasteiger charge is 2.12. The van der Waals surface area contributed by atoms with Gasteiger partial charge in [-0.2, -0.15) is 5.10 Å². The van der Waals surface area contributed by atoms with Crippen molar-refractivity contribution in [3.8, 4) is 11.8 Å². The first-order valence-corrected chi connectivity index (χ1v) is 7.03. The summed E-state index contributed by atoms with van der Waals surface area (Å²) in [5.74, 6) is 5.55. The van der Waals surface area contributed by atoms with Crippen molar-refractivity contribution in [2.75, 3.05) is 6.54 Å². The average molecular weight is 288 g/mol. The molecule has 20 heavy (non-hydrogen) atoms. The first kappa shape index (κ1) is 14.3. The van der Waals surface area contributed by atoms with Crippen molar-refractivity contribution < 1.29 is 4.79 Å². The standard InChI is InChI=1S/C14H16N4OS/c1-10-12(9-17-18(10)2)8-16-14(19)13-11(4-3-6-15)5-7-20-13/h5,7,9H,6,8,15H2,1-2H3,(H,16,19). The van der Waals surface area contributed by atoms with Crippen LogP contribution in [-0.4, -0.2) is 22.2 Å². The number of carbonyl (C=O) groups excluding carboxylic acids is 1. The van der Waals surface area contributed by atoms with Crippen LogP contribution in [0.5, 0.6) is 0 Å². The van der Waals surface area contributed by atoms with Crippen molar-refractivity contribution in [2.45, 2.75) is 13.5 Å². The highest BCUT2D eigenvalue weighted by molar-refractivity contribution is 7.12. The Morgan fingerprint density at radius 3 is 3.05 bits per heavy atom. The van der Waals surface area contributed by atoms with Gasteiger partial charge in [-0.25, -0.2) is 0 Å². The first-order chi connectivity index (χ1) is 9.63. The largest absolute Gasteiger partial charge is 0.347 e. The highest BCUT2D eigenvalue weighted by atomic mass is 32.1. The van der Waals surface area contributed by atoms with Crippen molar-refractivity contribution >= 4 is 17.2 Å². The number of hydrogen-bond donors (Lipinski definition) is 2. The topological polar surface area (TPSA) is 72.9 Å². The van der Waals surface area contributed by atoms with Crippen LogP contribution in [0.3, 0.4) is 0 Å². The Morgan fingerprint density at radius 1 is 1.60 bits per heavy atom. The maximum Gasteiger partial charge on any atom is 0.262 e. The molecule has 3 N–H and O–H groups in total. The lowest BCUT2D eigenvalue weighted by Crippen LogP contribution is -2.22. The zero-order valence-corrected chi connectivity index (χ0v) is 12.3. The number of nitrogens with two attached hydrogens (primary N) is 1. The predicted molar refractivity (Wildman–Crippen MR) is 79.4 cm³/mol. The lowest BCUT2D eigenvalue weighted by Gasteiger charge is -2.04. The average Bonchev–Trinajstić information content (AvgIpc) is 3.03. The fraction of sp³-hybridized carbons (Fsp3) is 0.286. The molecular weight excluding hydrogens is 272 g/mol. The zero-order chi connectivity index (χ0) is 14.5. The van der Waals surface area contributed by atoms with Crippen LogP contribution in [0.1, 0.15) is 26.5 Å². The number of thiophene rings is 1. The molecule has 0 saturated heterocycles. The summed E-state index contributed by atoms with van der Waals surface area (Å²) in [6.07, 6.45) is 1.76. The minimum absolute atomic E-state index is 0.121. The van der Waals surface area contributed by atoms with E-state index in [-0.39, 0.29) is 12.5 Å². The van der Waals surface area contributed by atoms with E-state index in [1.54, 1.807) is 10.9 Å². The summed E-state index contributed by atoms with van der Waals surface area (Å²) < 4.78 is 1.78. The fourth-order valence-corrected chi connectivity index (χ4v) is 2.47. The molecule has 0 bridgehead atoms. The van der Waals surface area contributed by atoms with Crippen LogP contribution in [-0.2, 0) is 13.6 Å².